The summed E-state index contributed by atoms with van der Waals surface area (Å²) in [5, 5.41) is 8.95. The Hall–Kier alpha value is -3.15. The topological polar surface area (TPSA) is 111 Å². The van der Waals surface area contributed by atoms with Crippen LogP contribution < -0.4 is 10.6 Å². The number of piperazine rings is 1. The molecule has 0 unspecified atom stereocenters. The first-order chi connectivity index (χ1) is 18.7. The fraction of sp³-hybridized carbons (Fsp3) is 0.464. The monoisotopic (exact) mass is 549 g/mol. The van der Waals surface area contributed by atoms with Crippen LogP contribution >= 0.6 is 11.8 Å². The van der Waals surface area contributed by atoms with Crippen molar-refractivity contribution in [1.82, 2.24) is 24.8 Å². The van der Waals surface area contributed by atoms with Gasteiger partial charge in [-0.05, 0) is 76.8 Å². The molecule has 2 fully saturated rings. The highest BCUT2D eigenvalue weighted by atomic mass is 32.2. The summed E-state index contributed by atoms with van der Waals surface area (Å²) < 4.78 is 14.9. The van der Waals surface area contributed by atoms with Gasteiger partial charge in [-0.2, -0.15) is 0 Å². The second-order valence-electron chi connectivity index (χ2n) is 10.5. The number of nitrogens with two attached hydrogens (primary N) is 1. The summed E-state index contributed by atoms with van der Waals surface area (Å²) in [5.74, 6) is 1.18. The fourth-order valence-corrected chi connectivity index (χ4v) is 6.07. The van der Waals surface area contributed by atoms with Crippen molar-refractivity contribution in [2.45, 2.75) is 49.2 Å². The minimum Gasteiger partial charge on any atom is -0.387 e. The zero-order valence-electron chi connectivity index (χ0n) is 22.8. The fourth-order valence-electron chi connectivity index (χ4n) is 5.23. The Labute approximate surface area is 233 Å². The number of hydrogen-bond donors (Lipinski definition) is 2. The van der Waals surface area contributed by atoms with Crippen molar-refractivity contribution in [3.63, 3.8) is 0 Å². The van der Waals surface area contributed by atoms with E-state index in [1.54, 1.807) is 6.92 Å². The van der Waals surface area contributed by atoms with Crippen LogP contribution in [-0.4, -0.2) is 88.7 Å². The number of amidine groups is 1. The molecule has 0 amide bonds. The van der Waals surface area contributed by atoms with E-state index in [-0.39, 0.29) is 12.2 Å². The van der Waals surface area contributed by atoms with Gasteiger partial charge in [0.1, 0.15) is 17.2 Å². The summed E-state index contributed by atoms with van der Waals surface area (Å²) in [5.41, 5.74) is 7.67. The quantitative estimate of drug-likeness (QED) is 0.256. The lowest BCUT2D eigenvalue weighted by Crippen LogP contribution is -2.53. The minimum atomic E-state index is -0.371. The Bertz CT molecular complexity index is 1380. The van der Waals surface area contributed by atoms with Crippen molar-refractivity contribution >= 4 is 45.8 Å². The number of fused-ring (bicyclic) bond motifs is 1. The van der Waals surface area contributed by atoms with Crippen LogP contribution in [0.3, 0.4) is 0 Å². The van der Waals surface area contributed by atoms with Crippen LogP contribution in [0.4, 0.5) is 16.0 Å². The standard InChI is InChI=1S/C28H36FN9S/c1-18(30)14-24(31)33-25-17-26(38-12-10-37(11-13-38)21-6-8-36(3)9-7-21)35-28(34-25)39-22-15-20-5-4-19(2)32-27(20)23(29)16-22/h4-5,15-17,21,30H,6-14H2,1-3H3,(H2,31,33,34,35). The molecule has 2 aromatic heterocycles. The van der Waals surface area contributed by atoms with Crippen LogP contribution in [0.5, 0.6) is 0 Å². The molecule has 0 spiro atoms. The van der Waals surface area contributed by atoms with Crippen molar-refractivity contribution in [3.8, 4) is 0 Å². The molecule has 2 saturated heterocycles. The van der Waals surface area contributed by atoms with Crippen LogP contribution in [0, 0.1) is 18.2 Å². The number of nitrogens with zero attached hydrogens (tertiary/aromatic N) is 7. The van der Waals surface area contributed by atoms with Crippen molar-refractivity contribution in [1.29, 1.82) is 5.41 Å². The summed E-state index contributed by atoms with van der Waals surface area (Å²) in [4.78, 5) is 26.3. The molecule has 4 heterocycles. The zero-order valence-corrected chi connectivity index (χ0v) is 23.6. The normalized spacial score (nSPS) is 18.2. The Kier molecular flexibility index (Phi) is 8.39. The smallest absolute Gasteiger partial charge is 0.196 e. The zero-order chi connectivity index (χ0) is 27.5. The highest BCUT2D eigenvalue weighted by Gasteiger charge is 2.27. The summed E-state index contributed by atoms with van der Waals surface area (Å²) >= 11 is 1.29. The third-order valence-electron chi connectivity index (χ3n) is 7.29. The van der Waals surface area contributed by atoms with Gasteiger partial charge in [-0.25, -0.2) is 19.4 Å². The molecule has 11 heteroatoms. The Morgan fingerprint density at radius 2 is 1.82 bits per heavy atom. The minimum absolute atomic E-state index is 0.277. The number of aryl methyl sites for hydroxylation is 1. The van der Waals surface area contributed by atoms with E-state index < -0.39 is 0 Å². The first-order valence-corrected chi connectivity index (χ1v) is 14.2. The van der Waals surface area contributed by atoms with E-state index in [1.807, 2.05) is 31.2 Å². The third kappa shape index (κ3) is 6.90. The van der Waals surface area contributed by atoms with Gasteiger partial charge in [0, 0.05) is 66.4 Å². The van der Waals surface area contributed by atoms with Crippen LogP contribution in [0.25, 0.3) is 10.9 Å². The van der Waals surface area contributed by atoms with Gasteiger partial charge >= 0.3 is 0 Å². The van der Waals surface area contributed by atoms with E-state index >= 15 is 0 Å². The molecule has 2 aliphatic heterocycles. The Morgan fingerprint density at radius 3 is 2.54 bits per heavy atom. The van der Waals surface area contributed by atoms with Crippen molar-refractivity contribution in [2.75, 3.05) is 51.2 Å². The van der Waals surface area contributed by atoms with E-state index in [0.717, 1.165) is 56.2 Å². The highest BCUT2D eigenvalue weighted by Crippen LogP contribution is 2.32. The van der Waals surface area contributed by atoms with Gasteiger partial charge < -0.3 is 20.9 Å². The first-order valence-electron chi connectivity index (χ1n) is 13.4. The molecular formula is C28H36FN9S. The van der Waals surface area contributed by atoms with Gasteiger partial charge in [-0.1, -0.05) is 6.07 Å². The molecule has 5 rings (SSSR count). The molecule has 0 saturated carbocycles. The predicted molar refractivity (Wildman–Crippen MR) is 156 cm³/mol. The van der Waals surface area contributed by atoms with E-state index in [4.69, 9.17) is 16.1 Å². The number of pyridine rings is 1. The molecule has 3 aromatic rings. The lowest BCUT2D eigenvalue weighted by molar-refractivity contribution is 0.115. The Balaban J connectivity index is 1.39. The second-order valence-corrected chi connectivity index (χ2v) is 11.6. The van der Waals surface area contributed by atoms with Crippen molar-refractivity contribution < 1.29 is 4.39 Å². The maximum atomic E-state index is 14.9. The number of aromatic nitrogens is 3. The van der Waals surface area contributed by atoms with Crippen molar-refractivity contribution in [2.24, 2.45) is 10.7 Å². The maximum Gasteiger partial charge on any atom is 0.196 e. The number of hydrogen-bond acceptors (Lipinski definition) is 9. The molecule has 1 aromatic carbocycles. The van der Waals surface area contributed by atoms with E-state index in [9.17, 15) is 4.39 Å². The van der Waals surface area contributed by atoms with E-state index in [2.05, 4.69) is 36.7 Å². The van der Waals surface area contributed by atoms with Crippen molar-refractivity contribution in [3.05, 3.63) is 41.8 Å². The number of likely N-dealkylation sites (tertiary alicyclic amines) is 1. The number of aliphatic imine (C=N–C) groups is 1. The predicted octanol–water partition coefficient (Wildman–Crippen LogP) is 4.26. The highest BCUT2D eigenvalue weighted by molar-refractivity contribution is 7.99. The number of anilines is 1. The third-order valence-corrected chi connectivity index (χ3v) is 8.13. The average Bonchev–Trinajstić information content (AvgIpc) is 2.89. The molecule has 0 atom stereocenters. The number of rotatable bonds is 7. The van der Waals surface area contributed by atoms with Gasteiger partial charge in [-0.15, -0.1) is 0 Å². The van der Waals surface area contributed by atoms with Gasteiger partial charge in [-0.3, -0.25) is 9.88 Å². The number of piperidine rings is 1. The molecule has 0 radical (unpaired) electrons. The first kappa shape index (κ1) is 27.4. The van der Waals surface area contributed by atoms with E-state index in [0.29, 0.717) is 39.0 Å². The van der Waals surface area contributed by atoms with Gasteiger partial charge in [0.05, 0.1) is 0 Å². The van der Waals surface area contributed by atoms with Crippen LogP contribution in [0.1, 0.15) is 31.9 Å². The summed E-state index contributed by atoms with van der Waals surface area (Å²) in [6.45, 7) is 9.54. The number of halogens is 1. The molecule has 9 nitrogen and oxygen atoms in total. The maximum absolute atomic E-state index is 14.9. The molecule has 0 bridgehead atoms. The van der Waals surface area contributed by atoms with Gasteiger partial charge in [0.25, 0.3) is 0 Å². The molecule has 39 heavy (non-hydrogen) atoms. The van der Waals surface area contributed by atoms with Crippen LogP contribution in [-0.2, 0) is 0 Å². The summed E-state index contributed by atoms with van der Waals surface area (Å²) in [7, 11) is 2.19. The molecule has 0 aliphatic carbocycles. The summed E-state index contributed by atoms with van der Waals surface area (Å²) in [6.07, 6.45) is 2.71. The number of nitrogens with one attached hydrogen (secondary N) is 1. The summed E-state index contributed by atoms with van der Waals surface area (Å²) in [6, 6.07) is 9.63. The molecular weight excluding hydrogens is 513 g/mol. The largest absolute Gasteiger partial charge is 0.387 e. The molecule has 206 valence electrons. The Morgan fingerprint density at radius 1 is 1.08 bits per heavy atom. The lowest BCUT2D eigenvalue weighted by atomic mass is 10.0. The van der Waals surface area contributed by atoms with Gasteiger partial charge in [0.2, 0.25) is 0 Å². The van der Waals surface area contributed by atoms with Gasteiger partial charge in [0.15, 0.2) is 16.8 Å². The van der Waals surface area contributed by atoms with Crippen LogP contribution in [0.15, 0.2) is 45.4 Å². The lowest BCUT2D eigenvalue weighted by Gasteiger charge is -2.42. The second kappa shape index (κ2) is 11.9. The number of benzene rings is 1. The molecule has 2 aliphatic rings. The average molecular weight is 550 g/mol. The van der Waals surface area contributed by atoms with E-state index in [1.165, 1.54) is 30.7 Å². The SMILES string of the molecule is CC(=N)CC(N)=Nc1cc(N2CCN(C3CCN(C)CC3)CC2)nc(Sc2cc(F)c3nc(C)ccc3c2)n1. The molecule has 3 N–H and O–H groups in total. The van der Waals surface area contributed by atoms with Crippen LogP contribution in [0.2, 0.25) is 0 Å².